The summed E-state index contributed by atoms with van der Waals surface area (Å²) in [5.74, 6) is 1.54. The molecule has 0 nitrogen and oxygen atoms in total. The van der Waals surface area contributed by atoms with Gasteiger partial charge < -0.3 is 0 Å². The second-order valence-corrected chi connectivity index (χ2v) is 12.1. The number of hydrogen-bond donors (Lipinski definition) is 0. The van der Waals surface area contributed by atoms with Crippen LogP contribution in [0.4, 0.5) is 13.2 Å². The number of halogens is 3. The highest BCUT2D eigenvalue weighted by atomic mass is 19.2. The minimum Gasteiger partial charge on any atom is -0.207 e. The Labute approximate surface area is 237 Å². The molecular formula is C36H51F3. The van der Waals surface area contributed by atoms with E-state index in [9.17, 15) is 13.2 Å². The molecule has 0 saturated heterocycles. The van der Waals surface area contributed by atoms with Crippen LogP contribution in [-0.2, 0) is 0 Å². The molecule has 3 rings (SSSR count). The van der Waals surface area contributed by atoms with Gasteiger partial charge in [0.1, 0.15) is 5.82 Å². The normalized spacial score (nSPS) is 13.4. The molecule has 0 heterocycles. The highest BCUT2D eigenvalue weighted by Crippen LogP contribution is 2.26. The van der Waals surface area contributed by atoms with Crippen molar-refractivity contribution in [1.82, 2.24) is 0 Å². The van der Waals surface area contributed by atoms with Gasteiger partial charge in [-0.2, -0.15) is 0 Å². The van der Waals surface area contributed by atoms with E-state index in [1.165, 1.54) is 34.4 Å². The summed E-state index contributed by atoms with van der Waals surface area (Å²) in [6.45, 7) is 25.7. The number of rotatable bonds is 6. The van der Waals surface area contributed by atoms with Gasteiger partial charge in [-0.1, -0.05) is 98.7 Å². The van der Waals surface area contributed by atoms with Gasteiger partial charge in [-0.15, -0.1) is 0 Å². The molecule has 3 atom stereocenters. The van der Waals surface area contributed by atoms with Crippen LogP contribution in [0, 0.1) is 56.0 Å². The van der Waals surface area contributed by atoms with E-state index in [1.807, 2.05) is 26.0 Å². The molecule has 39 heavy (non-hydrogen) atoms. The van der Waals surface area contributed by atoms with Gasteiger partial charge in [0.2, 0.25) is 0 Å². The van der Waals surface area contributed by atoms with Crippen LogP contribution < -0.4 is 0 Å². The van der Waals surface area contributed by atoms with Gasteiger partial charge in [-0.05, 0) is 108 Å². The highest BCUT2D eigenvalue weighted by molar-refractivity contribution is 5.32. The zero-order valence-electron chi connectivity index (χ0n) is 26.3. The lowest BCUT2D eigenvalue weighted by Crippen LogP contribution is -2.02. The van der Waals surface area contributed by atoms with Crippen LogP contribution in [0.3, 0.4) is 0 Å². The van der Waals surface area contributed by atoms with Crippen LogP contribution in [0.15, 0.2) is 54.6 Å². The predicted molar refractivity (Wildman–Crippen MR) is 163 cm³/mol. The Morgan fingerprint density at radius 1 is 0.385 bits per heavy atom. The van der Waals surface area contributed by atoms with Crippen molar-refractivity contribution in [1.29, 1.82) is 0 Å². The van der Waals surface area contributed by atoms with E-state index in [2.05, 4.69) is 87.4 Å². The average molecular weight is 541 g/mol. The molecule has 3 unspecified atom stereocenters. The van der Waals surface area contributed by atoms with Crippen molar-refractivity contribution in [2.24, 2.45) is 17.8 Å². The number of aryl methyl sites for hydroxylation is 3. The topological polar surface area (TPSA) is 0 Å². The quantitative estimate of drug-likeness (QED) is 0.292. The highest BCUT2D eigenvalue weighted by Gasteiger charge is 2.13. The third kappa shape index (κ3) is 10.9. The fraction of sp³-hybridized carbons (Fsp3) is 0.500. The Balaban J connectivity index is 0.000000292. The largest absolute Gasteiger partial charge is 0.207 e. The third-order valence-electron chi connectivity index (χ3n) is 8.23. The Bertz CT molecular complexity index is 1010. The lowest BCUT2D eigenvalue weighted by atomic mass is 9.89. The number of benzene rings is 3. The maximum absolute atomic E-state index is 13.0. The molecule has 0 amide bonds. The lowest BCUT2D eigenvalue weighted by molar-refractivity contribution is 0.495. The van der Waals surface area contributed by atoms with Crippen molar-refractivity contribution >= 4 is 0 Å². The molecule has 0 aliphatic carbocycles. The van der Waals surface area contributed by atoms with Crippen molar-refractivity contribution < 1.29 is 13.2 Å². The molecule has 0 fully saturated rings. The van der Waals surface area contributed by atoms with Crippen LogP contribution in [-0.4, -0.2) is 0 Å². The van der Waals surface area contributed by atoms with E-state index < -0.39 is 11.6 Å². The third-order valence-corrected chi connectivity index (χ3v) is 8.23. The second-order valence-electron chi connectivity index (χ2n) is 12.1. The summed E-state index contributed by atoms with van der Waals surface area (Å²) in [5.41, 5.74) is 7.09. The van der Waals surface area contributed by atoms with Crippen LogP contribution in [0.1, 0.15) is 113 Å². The Kier molecular flexibility index (Phi) is 14.1. The van der Waals surface area contributed by atoms with Crippen LogP contribution >= 0.6 is 0 Å². The molecule has 3 aromatic rings. The summed E-state index contributed by atoms with van der Waals surface area (Å²) in [5, 5.41) is 0. The van der Waals surface area contributed by atoms with Gasteiger partial charge in [0.25, 0.3) is 0 Å². The van der Waals surface area contributed by atoms with E-state index in [1.54, 1.807) is 12.1 Å². The van der Waals surface area contributed by atoms with E-state index in [4.69, 9.17) is 0 Å². The van der Waals surface area contributed by atoms with Crippen molar-refractivity contribution in [2.75, 3.05) is 0 Å². The van der Waals surface area contributed by atoms with E-state index >= 15 is 0 Å². The first-order chi connectivity index (χ1) is 18.1. The monoisotopic (exact) mass is 540 g/mol. The summed E-state index contributed by atoms with van der Waals surface area (Å²) in [6, 6.07) is 16.3. The van der Waals surface area contributed by atoms with Gasteiger partial charge in [-0.3, -0.25) is 0 Å². The Hall–Kier alpha value is -2.55. The van der Waals surface area contributed by atoms with Crippen molar-refractivity contribution in [2.45, 2.75) is 101 Å². The van der Waals surface area contributed by atoms with Crippen molar-refractivity contribution in [3.63, 3.8) is 0 Å². The molecule has 0 radical (unpaired) electrons. The molecule has 0 bridgehead atoms. The van der Waals surface area contributed by atoms with Gasteiger partial charge in [0.15, 0.2) is 11.6 Å². The first kappa shape index (κ1) is 34.5. The molecule has 216 valence electrons. The molecule has 0 aliphatic heterocycles. The van der Waals surface area contributed by atoms with Crippen molar-refractivity contribution in [3.05, 3.63) is 105 Å². The molecule has 0 spiro atoms. The zero-order valence-corrected chi connectivity index (χ0v) is 26.3. The second kappa shape index (κ2) is 15.9. The molecule has 3 aromatic carbocycles. The molecule has 0 saturated carbocycles. The fourth-order valence-electron chi connectivity index (χ4n) is 3.95. The van der Waals surface area contributed by atoms with E-state index in [0.717, 1.165) is 17.0 Å². The molecule has 0 N–H and O–H groups in total. The van der Waals surface area contributed by atoms with Crippen LogP contribution in [0.2, 0.25) is 0 Å². The zero-order chi connectivity index (χ0) is 30.0. The van der Waals surface area contributed by atoms with Gasteiger partial charge in [0, 0.05) is 0 Å². The predicted octanol–water partition coefficient (Wildman–Crippen LogP) is 11.7. The lowest BCUT2D eigenvalue weighted by Gasteiger charge is -2.17. The smallest absolute Gasteiger partial charge is 0.159 e. The SMILES string of the molecule is CC(C)C(C)c1ccc(F)c(F)c1.Cc1cc(C(C)C(C)C)ccc1F.Cc1ccc(C(C)C(C)C)cc1C. The Morgan fingerprint density at radius 3 is 1.10 bits per heavy atom. The minimum absolute atomic E-state index is 0.111. The van der Waals surface area contributed by atoms with E-state index in [-0.39, 0.29) is 11.7 Å². The van der Waals surface area contributed by atoms with Gasteiger partial charge in [0.05, 0.1) is 0 Å². The van der Waals surface area contributed by atoms with Gasteiger partial charge in [-0.25, -0.2) is 13.2 Å². The fourth-order valence-corrected chi connectivity index (χ4v) is 3.95. The number of hydrogen-bond acceptors (Lipinski definition) is 0. The standard InChI is InChI=1S/C13H20.C12H17F.C11H14F2/c1-9(2)12(5)13-7-6-10(3)11(4)8-13;1-8(2)10(4)11-5-6-12(13)9(3)7-11;1-7(2)8(3)9-4-5-10(12)11(13)6-9/h6-9,12H,1-5H3;5-8,10H,1-4H3;4-8H,1-3H3. The molecule has 0 aromatic heterocycles. The summed E-state index contributed by atoms with van der Waals surface area (Å²) in [6.07, 6.45) is 0. The maximum Gasteiger partial charge on any atom is 0.159 e. The Morgan fingerprint density at radius 2 is 0.744 bits per heavy atom. The van der Waals surface area contributed by atoms with Gasteiger partial charge >= 0.3 is 0 Å². The summed E-state index contributed by atoms with van der Waals surface area (Å²) in [4.78, 5) is 0. The molecular weight excluding hydrogens is 489 g/mol. The maximum atomic E-state index is 13.0. The summed E-state index contributed by atoms with van der Waals surface area (Å²) < 4.78 is 38.4. The van der Waals surface area contributed by atoms with Crippen LogP contribution in [0.5, 0.6) is 0 Å². The van der Waals surface area contributed by atoms with Crippen LogP contribution in [0.25, 0.3) is 0 Å². The molecule has 3 heteroatoms. The van der Waals surface area contributed by atoms with Crippen molar-refractivity contribution in [3.8, 4) is 0 Å². The summed E-state index contributed by atoms with van der Waals surface area (Å²) >= 11 is 0. The molecule has 0 aliphatic rings. The van der Waals surface area contributed by atoms with E-state index in [0.29, 0.717) is 23.7 Å². The summed E-state index contributed by atoms with van der Waals surface area (Å²) in [7, 11) is 0. The average Bonchev–Trinajstić information content (AvgIpc) is 2.88. The first-order valence-electron chi connectivity index (χ1n) is 14.3. The minimum atomic E-state index is -0.778. The first-order valence-corrected chi connectivity index (χ1v) is 14.3.